The second kappa shape index (κ2) is 3.03. The second-order valence-electron chi connectivity index (χ2n) is 4.58. The molecule has 82 valence electrons. The van der Waals surface area contributed by atoms with Crippen molar-refractivity contribution in [3.05, 3.63) is 21.9 Å². The molecular formula is C9H14N4O2. The van der Waals surface area contributed by atoms with Crippen molar-refractivity contribution in [2.75, 3.05) is 6.54 Å². The van der Waals surface area contributed by atoms with Crippen LogP contribution in [0.4, 0.5) is 5.82 Å². The van der Waals surface area contributed by atoms with Crippen LogP contribution in [0.2, 0.25) is 0 Å². The fourth-order valence-electron chi connectivity index (χ4n) is 2.35. The highest BCUT2D eigenvalue weighted by atomic mass is 16.6. The van der Waals surface area contributed by atoms with Crippen LogP contribution < -0.4 is 5.73 Å². The van der Waals surface area contributed by atoms with Gasteiger partial charge in [0.15, 0.2) is 0 Å². The van der Waals surface area contributed by atoms with E-state index in [1.165, 1.54) is 6.07 Å². The third-order valence-electron chi connectivity index (χ3n) is 3.40. The summed E-state index contributed by atoms with van der Waals surface area (Å²) in [6.45, 7) is 4.81. The van der Waals surface area contributed by atoms with Gasteiger partial charge in [0.25, 0.3) is 0 Å². The molecule has 1 heterocycles. The smallest absolute Gasteiger partial charge is 0.342 e. The quantitative estimate of drug-likeness (QED) is 0.574. The van der Waals surface area contributed by atoms with Gasteiger partial charge in [-0.05, 0) is 22.8 Å². The number of nitro groups is 1. The first kappa shape index (κ1) is 10.1. The van der Waals surface area contributed by atoms with Crippen LogP contribution in [0.5, 0.6) is 0 Å². The molecular weight excluding hydrogens is 196 g/mol. The molecule has 0 saturated heterocycles. The minimum absolute atomic E-state index is 0.0523. The molecule has 0 aliphatic heterocycles. The lowest BCUT2D eigenvalue weighted by Gasteiger charge is -1.97. The van der Waals surface area contributed by atoms with E-state index in [9.17, 15) is 10.1 Å². The average molecular weight is 210 g/mol. The zero-order valence-electron chi connectivity index (χ0n) is 8.73. The van der Waals surface area contributed by atoms with E-state index >= 15 is 0 Å². The van der Waals surface area contributed by atoms with Crippen LogP contribution in [0.1, 0.15) is 25.5 Å². The lowest BCUT2D eigenvalue weighted by molar-refractivity contribution is -0.389. The van der Waals surface area contributed by atoms with E-state index in [1.807, 2.05) is 0 Å². The summed E-state index contributed by atoms with van der Waals surface area (Å²) in [6, 6.07) is 1.50. The summed E-state index contributed by atoms with van der Waals surface area (Å²) in [5, 5.41) is 16.9. The monoisotopic (exact) mass is 210 g/mol. The number of nitrogens with zero attached hydrogens (tertiary/aromatic N) is 2. The molecule has 1 aliphatic rings. The van der Waals surface area contributed by atoms with Gasteiger partial charge in [0.2, 0.25) is 0 Å². The summed E-state index contributed by atoms with van der Waals surface area (Å²) in [4.78, 5) is 10.0. The summed E-state index contributed by atoms with van der Waals surface area (Å²) >= 11 is 0. The lowest BCUT2D eigenvalue weighted by Crippen LogP contribution is -2.05. The third-order valence-corrected chi connectivity index (χ3v) is 3.40. The Balaban J connectivity index is 2.22. The lowest BCUT2D eigenvalue weighted by atomic mass is 10.1. The van der Waals surface area contributed by atoms with Crippen molar-refractivity contribution in [1.82, 2.24) is 10.2 Å². The number of hydrogen-bond donors (Lipinski definition) is 2. The zero-order chi connectivity index (χ0) is 11.2. The van der Waals surface area contributed by atoms with E-state index in [0.29, 0.717) is 12.5 Å². The predicted molar refractivity (Wildman–Crippen MR) is 54.3 cm³/mol. The first-order valence-electron chi connectivity index (χ1n) is 4.88. The Kier molecular flexibility index (Phi) is 2.04. The van der Waals surface area contributed by atoms with Gasteiger partial charge in [-0.1, -0.05) is 18.9 Å². The molecule has 1 saturated carbocycles. The van der Waals surface area contributed by atoms with Crippen LogP contribution in [0.3, 0.4) is 0 Å². The van der Waals surface area contributed by atoms with Gasteiger partial charge in [0.05, 0.1) is 11.8 Å². The molecule has 1 aromatic rings. The van der Waals surface area contributed by atoms with E-state index in [0.717, 1.165) is 5.69 Å². The number of hydrogen-bond acceptors (Lipinski definition) is 4. The van der Waals surface area contributed by atoms with Gasteiger partial charge in [-0.3, -0.25) is 0 Å². The number of nitrogens with two attached hydrogens (primary N) is 1. The van der Waals surface area contributed by atoms with Crippen LogP contribution >= 0.6 is 0 Å². The van der Waals surface area contributed by atoms with Crippen molar-refractivity contribution >= 4 is 5.82 Å². The molecule has 15 heavy (non-hydrogen) atoms. The predicted octanol–water partition coefficient (Wildman–Crippen LogP) is 1.02. The van der Waals surface area contributed by atoms with Crippen molar-refractivity contribution in [2.24, 2.45) is 17.1 Å². The van der Waals surface area contributed by atoms with Crippen molar-refractivity contribution in [1.29, 1.82) is 0 Å². The Hall–Kier alpha value is -1.43. The Morgan fingerprint density at radius 3 is 2.80 bits per heavy atom. The van der Waals surface area contributed by atoms with E-state index in [4.69, 9.17) is 5.73 Å². The highest BCUT2D eigenvalue weighted by Crippen LogP contribution is 2.63. The highest BCUT2D eigenvalue weighted by Gasteiger charge is 2.58. The summed E-state index contributed by atoms with van der Waals surface area (Å²) in [6.07, 6.45) is 0. The number of aromatic nitrogens is 2. The van der Waals surface area contributed by atoms with Crippen molar-refractivity contribution in [3.63, 3.8) is 0 Å². The molecule has 2 atom stereocenters. The fraction of sp³-hybridized carbons (Fsp3) is 0.667. The topological polar surface area (TPSA) is 97.8 Å². The van der Waals surface area contributed by atoms with Gasteiger partial charge in [-0.25, -0.2) is 0 Å². The molecule has 6 heteroatoms. The highest BCUT2D eigenvalue weighted by molar-refractivity contribution is 5.31. The van der Waals surface area contributed by atoms with E-state index in [-0.39, 0.29) is 17.2 Å². The molecule has 1 fully saturated rings. The van der Waals surface area contributed by atoms with Crippen LogP contribution in [-0.4, -0.2) is 21.7 Å². The van der Waals surface area contributed by atoms with E-state index in [2.05, 4.69) is 24.0 Å². The number of rotatable bonds is 3. The molecule has 0 amide bonds. The van der Waals surface area contributed by atoms with Crippen molar-refractivity contribution in [3.8, 4) is 0 Å². The standard InChI is InChI=1S/C9H14N4O2/c1-9(2)5(4-10)8(9)6-3-7(12-11-6)13(14)15/h3,5,8H,4,10H2,1-2H3,(H,11,12). The van der Waals surface area contributed by atoms with Gasteiger partial charge in [0.1, 0.15) is 0 Å². The Morgan fingerprint density at radius 1 is 1.73 bits per heavy atom. The largest absolute Gasteiger partial charge is 0.358 e. The SMILES string of the molecule is CC1(C)C(CN)C1c1cc([N+](=O)[O-])[nH]n1. The summed E-state index contributed by atoms with van der Waals surface area (Å²) < 4.78 is 0. The molecule has 0 bridgehead atoms. The van der Waals surface area contributed by atoms with Crippen molar-refractivity contribution in [2.45, 2.75) is 19.8 Å². The Bertz CT molecular complexity index is 399. The maximum atomic E-state index is 10.5. The van der Waals surface area contributed by atoms with Crippen molar-refractivity contribution < 1.29 is 4.92 Å². The minimum atomic E-state index is -0.469. The Morgan fingerprint density at radius 2 is 2.40 bits per heavy atom. The minimum Gasteiger partial charge on any atom is -0.358 e. The number of H-pyrrole nitrogens is 1. The fourth-order valence-corrected chi connectivity index (χ4v) is 2.35. The zero-order valence-corrected chi connectivity index (χ0v) is 8.73. The van der Waals surface area contributed by atoms with Gasteiger partial charge in [0, 0.05) is 5.92 Å². The Labute approximate surface area is 87.0 Å². The third kappa shape index (κ3) is 1.41. The molecule has 0 aromatic carbocycles. The number of nitrogens with one attached hydrogen (secondary N) is 1. The van der Waals surface area contributed by atoms with E-state index in [1.54, 1.807) is 0 Å². The summed E-state index contributed by atoms with van der Waals surface area (Å²) in [5.41, 5.74) is 6.49. The first-order chi connectivity index (χ1) is 6.98. The molecule has 2 rings (SSSR count). The normalized spacial score (nSPS) is 27.7. The first-order valence-corrected chi connectivity index (χ1v) is 4.88. The second-order valence-corrected chi connectivity index (χ2v) is 4.58. The molecule has 1 aromatic heterocycles. The van der Waals surface area contributed by atoms with Gasteiger partial charge >= 0.3 is 5.82 Å². The van der Waals surface area contributed by atoms with Gasteiger partial charge in [-0.2, -0.15) is 0 Å². The number of aromatic amines is 1. The maximum Gasteiger partial charge on any atom is 0.342 e. The molecule has 0 spiro atoms. The van der Waals surface area contributed by atoms with Crippen LogP contribution in [0.25, 0.3) is 0 Å². The summed E-state index contributed by atoms with van der Waals surface area (Å²) in [7, 11) is 0. The van der Waals surface area contributed by atoms with Crippen LogP contribution in [0, 0.1) is 21.4 Å². The maximum absolute atomic E-state index is 10.5. The average Bonchev–Trinajstić information content (AvgIpc) is 2.58. The van der Waals surface area contributed by atoms with Gasteiger partial charge < -0.3 is 15.8 Å². The summed E-state index contributed by atoms with van der Waals surface area (Å²) in [5.74, 6) is 0.566. The molecule has 3 N–H and O–H groups in total. The van der Waals surface area contributed by atoms with Crippen LogP contribution in [0.15, 0.2) is 6.07 Å². The molecule has 6 nitrogen and oxygen atoms in total. The molecule has 2 unspecified atom stereocenters. The molecule has 0 radical (unpaired) electrons. The molecule has 1 aliphatic carbocycles. The van der Waals surface area contributed by atoms with E-state index < -0.39 is 4.92 Å². The van der Waals surface area contributed by atoms with Gasteiger partial charge in [-0.15, -0.1) is 5.10 Å². The van der Waals surface area contributed by atoms with Crippen LogP contribution in [-0.2, 0) is 0 Å².